The number of anilines is 1. The predicted molar refractivity (Wildman–Crippen MR) is 137 cm³/mol. The van der Waals surface area contributed by atoms with Crippen LogP contribution >= 0.6 is 25.2 Å². The number of amides is 1. The Hall–Kier alpha value is -1.89. The summed E-state index contributed by atoms with van der Waals surface area (Å²) in [5, 5.41) is 2.92. The first-order valence-corrected chi connectivity index (χ1v) is 12.0. The molecule has 0 fully saturated rings. The number of aromatic nitrogens is 1. The monoisotopic (exact) mass is 526 g/mol. The molecule has 0 saturated carbocycles. The second-order valence-corrected chi connectivity index (χ2v) is 8.74. The van der Waals surface area contributed by atoms with Gasteiger partial charge in [-0.15, -0.1) is 9.24 Å². The van der Waals surface area contributed by atoms with E-state index in [0.717, 1.165) is 28.4 Å². The van der Waals surface area contributed by atoms with E-state index in [1.54, 1.807) is 6.20 Å². The zero-order valence-corrected chi connectivity index (χ0v) is 21.8. The summed E-state index contributed by atoms with van der Waals surface area (Å²) in [7, 11) is 1.99. The van der Waals surface area contributed by atoms with Crippen molar-refractivity contribution in [2.75, 3.05) is 18.5 Å². The van der Waals surface area contributed by atoms with E-state index < -0.39 is 5.91 Å². The molecule has 3 unspecified atom stereocenters. The van der Waals surface area contributed by atoms with Gasteiger partial charge in [0.25, 0.3) is 5.91 Å². The van der Waals surface area contributed by atoms with Crippen LogP contribution in [0.25, 0.3) is 0 Å². The molecule has 176 valence electrons. The third-order valence-electron chi connectivity index (χ3n) is 4.13. The summed E-state index contributed by atoms with van der Waals surface area (Å²) >= 11 is 3.36. The summed E-state index contributed by atoms with van der Waals surface area (Å²) in [5.74, 6) is -0.486. The molecule has 3 rings (SSSR count). The summed E-state index contributed by atoms with van der Waals surface area (Å²) in [6.45, 7) is 8.36. The molecule has 1 amide bonds. The summed E-state index contributed by atoms with van der Waals surface area (Å²) in [6.07, 6.45) is 3.39. The fourth-order valence-corrected chi connectivity index (χ4v) is 3.34. The topological polar surface area (TPSA) is 89.6 Å². The number of ether oxygens (including phenoxy) is 1. The number of aryl methyl sites for hydroxylation is 1. The van der Waals surface area contributed by atoms with E-state index in [0.29, 0.717) is 30.4 Å². The van der Waals surface area contributed by atoms with Crippen LogP contribution in [0.4, 0.5) is 10.1 Å². The Balaban J connectivity index is 0.000000769. The van der Waals surface area contributed by atoms with Crippen LogP contribution in [0, 0.1) is 6.92 Å². The number of nitrogens with one attached hydrogen (secondary N) is 1. The third kappa shape index (κ3) is 10.2. The van der Waals surface area contributed by atoms with Gasteiger partial charge in [0.1, 0.15) is 24.0 Å². The molecular formula is C23H33BrFN4O2P. The third-order valence-corrected chi connectivity index (χ3v) is 4.56. The van der Waals surface area contributed by atoms with Crippen LogP contribution in [0.15, 0.2) is 46.0 Å². The summed E-state index contributed by atoms with van der Waals surface area (Å²) in [6, 6.07) is 9.55. The molecule has 0 bridgehead atoms. The van der Waals surface area contributed by atoms with Gasteiger partial charge in [-0.2, -0.15) is 0 Å². The minimum Gasteiger partial charge on any atom is -0.386 e. The molecule has 2 heterocycles. The summed E-state index contributed by atoms with van der Waals surface area (Å²) in [4.78, 5) is 21.3. The SMILES string of the molecule is CC.CC(F)P.Cc1cc(Br)cnc1C(=O)Nc1cccc(C2CCCOCC(N)=N2)c1. The van der Waals surface area contributed by atoms with Crippen LogP contribution in [0.2, 0.25) is 0 Å². The molecule has 1 aromatic carbocycles. The highest BCUT2D eigenvalue weighted by Gasteiger charge is 2.16. The van der Waals surface area contributed by atoms with Crippen LogP contribution in [0.5, 0.6) is 0 Å². The van der Waals surface area contributed by atoms with Gasteiger partial charge in [0.05, 0.1) is 6.04 Å². The summed E-state index contributed by atoms with van der Waals surface area (Å²) < 4.78 is 17.2. The Morgan fingerprint density at radius 1 is 1.38 bits per heavy atom. The molecule has 3 N–H and O–H groups in total. The van der Waals surface area contributed by atoms with E-state index >= 15 is 0 Å². The number of hydrogen-bond donors (Lipinski definition) is 2. The van der Waals surface area contributed by atoms with Crippen molar-refractivity contribution in [2.24, 2.45) is 10.7 Å². The van der Waals surface area contributed by atoms with Gasteiger partial charge < -0.3 is 15.8 Å². The van der Waals surface area contributed by atoms with Gasteiger partial charge in [0, 0.05) is 23.0 Å². The van der Waals surface area contributed by atoms with Crippen LogP contribution in [0.1, 0.15) is 61.3 Å². The number of nitrogens with zero attached hydrogens (tertiary/aromatic N) is 2. The standard InChI is InChI=1S/C19H21BrN4O2.C2H6FP.C2H6/c1-12-8-14(20)10-22-18(12)19(25)23-15-5-2-4-13(9-15)16-6-3-7-26-11-17(21)24-16;1-2(3)4;1-2/h2,4-5,8-10,16H,3,6-7,11H2,1H3,(H2,21,24)(H,23,25);2H,4H2,1H3;1-2H3. The van der Waals surface area contributed by atoms with Gasteiger partial charge in [-0.05, 0) is 71.9 Å². The quantitative estimate of drug-likeness (QED) is 0.493. The van der Waals surface area contributed by atoms with E-state index in [-0.39, 0.29) is 11.9 Å². The highest BCUT2D eigenvalue weighted by atomic mass is 79.9. The lowest BCUT2D eigenvalue weighted by Gasteiger charge is -2.18. The molecule has 1 aromatic heterocycles. The first kappa shape index (κ1) is 28.1. The van der Waals surface area contributed by atoms with Crippen molar-refractivity contribution in [3.05, 3.63) is 57.8 Å². The molecule has 3 atom stereocenters. The maximum absolute atomic E-state index is 12.5. The normalized spacial score (nSPS) is 16.6. The zero-order chi connectivity index (χ0) is 24.1. The van der Waals surface area contributed by atoms with E-state index in [4.69, 9.17) is 10.5 Å². The Labute approximate surface area is 201 Å². The van der Waals surface area contributed by atoms with Crippen LogP contribution in [-0.2, 0) is 4.74 Å². The average molecular weight is 527 g/mol. The molecule has 2 aromatic rings. The highest BCUT2D eigenvalue weighted by Crippen LogP contribution is 2.26. The van der Waals surface area contributed by atoms with E-state index in [9.17, 15) is 9.18 Å². The van der Waals surface area contributed by atoms with Gasteiger partial charge >= 0.3 is 0 Å². The molecule has 6 nitrogen and oxygen atoms in total. The minimum atomic E-state index is -0.750. The molecule has 9 heteroatoms. The molecule has 0 spiro atoms. The first-order chi connectivity index (χ1) is 15.3. The lowest BCUT2D eigenvalue weighted by Crippen LogP contribution is -2.23. The minimum absolute atomic E-state index is 0.0247. The Kier molecular flexibility index (Phi) is 13.2. The second-order valence-electron chi connectivity index (χ2n) is 6.91. The van der Waals surface area contributed by atoms with Crippen LogP contribution in [-0.4, -0.2) is 35.9 Å². The Morgan fingerprint density at radius 3 is 2.72 bits per heavy atom. The van der Waals surface area contributed by atoms with Crippen LogP contribution < -0.4 is 11.1 Å². The van der Waals surface area contributed by atoms with Crippen molar-refractivity contribution in [1.29, 1.82) is 0 Å². The predicted octanol–water partition coefficient (Wildman–Crippen LogP) is 5.82. The number of benzene rings is 1. The number of hydrogen-bond acceptors (Lipinski definition) is 5. The number of pyridine rings is 1. The molecule has 32 heavy (non-hydrogen) atoms. The molecule has 1 aliphatic heterocycles. The number of carbonyl (C=O) groups is 1. The molecular weight excluding hydrogens is 494 g/mol. The van der Waals surface area contributed by atoms with Crippen molar-refractivity contribution in [1.82, 2.24) is 4.98 Å². The number of alkyl halides is 1. The number of nitrogens with two attached hydrogens (primary N) is 1. The first-order valence-electron chi connectivity index (χ1n) is 10.6. The number of rotatable bonds is 3. The van der Waals surface area contributed by atoms with E-state index in [1.807, 2.05) is 60.3 Å². The molecule has 1 aliphatic rings. The lowest BCUT2D eigenvalue weighted by atomic mass is 10.0. The number of amidine groups is 1. The van der Waals surface area contributed by atoms with Crippen molar-refractivity contribution in [3.63, 3.8) is 0 Å². The second kappa shape index (κ2) is 15.0. The lowest BCUT2D eigenvalue weighted by molar-refractivity contribution is 0.102. The zero-order valence-electron chi connectivity index (χ0n) is 19.1. The number of aliphatic imine (C=N–C) groups is 1. The van der Waals surface area contributed by atoms with E-state index in [2.05, 4.69) is 31.2 Å². The highest BCUT2D eigenvalue weighted by molar-refractivity contribution is 9.10. The van der Waals surface area contributed by atoms with Gasteiger partial charge in [0.15, 0.2) is 0 Å². The van der Waals surface area contributed by atoms with Crippen molar-refractivity contribution in [2.45, 2.75) is 52.5 Å². The fourth-order valence-electron chi connectivity index (χ4n) is 2.89. The van der Waals surface area contributed by atoms with Crippen LogP contribution in [0.3, 0.4) is 0 Å². The van der Waals surface area contributed by atoms with Crippen molar-refractivity contribution in [3.8, 4) is 0 Å². The summed E-state index contributed by atoms with van der Waals surface area (Å²) in [5.41, 5.74) is 8.85. The molecule has 0 saturated heterocycles. The fraction of sp³-hybridized carbons (Fsp3) is 0.435. The Bertz CT molecular complexity index is 893. The molecule has 0 radical (unpaired) electrons. The smallest absolute Gasteiger partial charge is 0.274 e. The largest absolute Gasteiger partial charge is 0.386 e. The maximum Gasteiger partial charge on any atom is 0.274 e. The van der Waals surface area contributed by atoms with E-state index in [1.165, 1.54) is 6.92 Å². The number of carbonyl (C=O) groups excluding carboxylic acids is 1. The van der Waals surface area contributed by atoms with Gasteiger partial charge in [-0.3, -0.25) is 9.79 Å². The average Bonchev–Trinajstić information content (AvgIpc) is 2.72. The molecule has 0 aliphatic carbocycles. The van der Waals surface area contributed by atoms with Gasteiger partial charge in [0.2, 0.25) is 0 Å². The van der Waals surface area contributed by atoms with Crippen molar-refractivity contribution < 1.29 is 13.9 Å². The maximum atomic E-state index is 12.5. The number of halogens is 2. The van der Waals surface area contributed by atoms with Gasteiger partial charge in [-0.1, -0.05) is 26.0 Å². The van der Waals surface area contributed by atoms with Crippen molar-refractivity contribution >= 4 is 42.6 Å². The Morgan fingerprint density at radius 2 is 2.06 bits per heavy atom. The van der Waals surface area contributed by atoms with Gasteiger partial charge in [-0.25, -0.2) is 9.37 Å².